The average Bonchev–Trinajstić information content (AvgIpc) is 3.14. The number of pyridine rings is 1. The monoisotopic (exact) mass is 314 g/mol. The average molecular weight is 314 g/mol. The molecular formula is C15H18N6S. The van der Waals surface area contributed by atoms with Crippen LogP contribution in [0.1, 0.15) is 31.3 Å². The van der Waals surface area contributed by atoms with Gasteiger partial charge in [0.25, 0.3) is 0 Å². The van der Waals surface area contributed by atoms with Crippen LogP contribution in [0.25, 0.3) is 11.3 Å². The maximum Gasteiger partial charge on any atom is 0.205 e. The zero-order valence-corrected chi connectivity index (χ0v) is 13.6. The summed E-state index contributed by atoms with van der Waals surface area (Å²) < 4.78 is 0. The number of nitrogens with one attached hydrogen (secondary N) is 2. The highest BCUT2D eigenvalue weighted by molar-refractivity contribution is 7.15. The molecule has 3 heterocycles. The van der Waals surface area contributed by atoms with Crippen molar-refractivity contribution in [3.63, 3.8) is 0 Å². The predicted molar refractivity (Wildman–Crippen MR) is 87.8 cm³/mol. The summed E-state index contributed by atoms with van der Waals surface area (Å²) in [7, 11) is 0. The third-order valence-corrected chi connectivity index (χ3v) is 4.47. The summed E-state index contributed by atoms with van der Waals surface area (Å²) in [5, 5.41) is 20.8. The van der Waals surface area contributed by atoms with Gasteiger partial charge in [0.05, 0.1) is 11.9 Å². The van der Waals surface area contributed by atoms with Gasteiger partial charge in [-0.2, -0.15) is 5.10 Å². The molecule has 0 radical (unpaired) electrons. The SMILES string of the molecule is CC(C)(C)c1nnc(NCc2cn[nH]c2-c2cccnc2)s1. The van der Waals surface area contributed by atoms with Crippen molar-refractivity contribution in [1.82, 2.24) is 25.4 Å². The van der Waals surface area contributed by atoms with Crippen LogP contribution < -0.4 is 5.32 Å². The lowest BCUT2D eigenvalue weighted by atomic mass is 9.98. The van der Waals surface area contributed by atoms with E-state index in [1.54, 1.807) is 17.5 Å². The van der Waals surface area contributed by atoms with Crippen molar-refractivity contribution in [1.29, 1.82) is 0 Å². The first-order chi connectivity index (χ1) is 10.5. The Labute approximate surface area is 133 Å². The van der Waals surface area contributed by atoms with E-state index in [9.17, 15) is 0 Å². The molecule has 0 aliphatic carbocycles. The molecule has 0 saturated carbocycles. The lowest BCUT2D eigenvalue weighted by Gasteiger charge is -2.12. The summed E-state index contributed by atoms with van der Waals surface area (Å²) in [6.45, 7) is 7.04. The number of aromatic nitrogens is 5. The molecule has 6 nitrogen and oxygen atoms in total. The topological polar surface area (TPSA) is 79.4 Å². The third-order valence-electron chi connectivity index (χ3n) is 3.16. The Bertz CT molecular complexity index is 741. The Hall–Kier alpha value is -2.28. The van der Waals surface area contributed by atoms with E-state index in [0.29, 0.717) is 6.54 Å². The fourth-order valence-corrected chi connectivity index (χ4v) is 2.77. The largest absolute Gasteiger partial charge is 0.356 e. The molecule has 3 aromatic heterocycles. The number of rotatable bonds is 4. The molecule has 0 atom stereocenters. The summed E-state index contributed by atoms with van der Waals surface area (Å²) in [5.74, 6) is 0. The minimum atomic E-state index is 0.0219. The molecular weight excluding hydrogens is 296 g/mol. The van der Waals surface area contributed by atoms with Crippen LogP contribution in [-0.4, -0.2) is 25.4 Å². The number of anilines is 1. The van der Waals surface area contributed by atoms with Gasteiger partial charge in [-0.05, 0) is 12.1 Å². The Morgan fingerprint density at radius 2 is 2.09 bits per heavy atom. The second kappa shape index (κ2) is 5.84. The summed E-state index contributed by atoms with van der Waals surface area (Å²) in [6.07, 6.45) is 5.40. The molecule has 3 rings (SSSR count). The second-order valence-electron chi connectivity index (χ2n) is 6.03. The first kappa shape index (κ1) is 14.6. The van der Waals surface area contributed by atoms with E-state index in [2.05, 4.69) is 51.5 Å². The van der Waals surface area contributed by atoms with Crippen molar-refractivity contribution in [2.24, 2.45) is 0 Å². The Morgan fingerprint density at radius 1 is 1.23 bits per heavy atom. The molecule has 0 spiro atoms. The van der Waals surface area contributed by atoms with E-state index < -0.39 is 0 Å². The van der Waals surface area contributed by atoms with Gasteiger partial charge in [-0.1, -0.05) is 32.1 Å². The van der Waals surface area contributed by atoms with Crippen molar-refractivity contribution in [2.45, 2.75) is 32.7 Å². The van der Waals surface area contributed by atoms with Crippen molar-refractivity contribution < 1.29 is 0 Å². The fraction of sp³-hybridized carbons (Fsp3) is 0.333. The summed E-state index contributed by atoms with van der Waals surface area (Å²) in [6, 6.07) is 3.92. The standard InChI is InChI=1S/C15H18N6S/c1-15(2,3)13-20-21-14(22-13)17-8-11-9-18-19-12(11)10-5-4-6-16-7-10/h4-7,9H,8H2,1-3H3,(H,17,21)(H,18,19). The van der Waals surface area contributed by atoms with Gasteiger partial charge in [0.2, 0.25) is 5.13 Å². The van der Waals surface area contributed by atoms with Gasteiger partial charge in [0.15, 0.2) is 0 Å². The first-order valence-corrected chi connectivity index (χ1v) is 7.86. The van der Waals surface area contributed by atoms with Crippen LogP contribution in [0.3, 0.4) is 0 Å². The van der Waals surface area contributed by atoms with Crippen molar-refractivity contribution in [3.05, 3.63) is 41.3 Å². The maximum atomic E-state index is 4.24. The second-order valence-corrected chi connectivity index (χ2v) is 7.01. The Balaban J connectivity index is 1.73. The molecule has 2 N–H and O–H groups in total. The van der Waals surface area contributed by atoms with Gasteiger partial charge < -0.3 is 5.32 Å². The zero-order valence-electron chi connectivity index (χ0n) is 12.8. The summed E-state index contributed by atoms with van der Waals surface area (Å²) >= 11 is 1.59. The highest BCUT2D eigenvalue weighted by Crippen LogP contribution is 2.28. The van der Waals surface area contributed by atoms with E-state index in [-0.39, 0.29) is 5.41 Å². The van der Waals surface area contributed by atoms with Gasteiger partial charge in [-0.3, -0.25) is 10.1 Å². The van der Waals surface area contributed by atoms with Crippen LogP contribution in [0.15, 0.2) is 30.7 Å². The van der Waals surface area contributed by atoms with E-state index >= 15 is 0 Å². The fourth-order valence-electron chi connectivity index (χ4n) is 1.97. The third kappa shape index (κ3) is 3.14. The Kier molecular flexibility index (Phi) is 3.89. The molecule has 0 aliphatic heterocycles. The molecule has 0 aliphatic rings. The number of hydrogen-bond acceptors (Lipinski definition) is 6. The molecule has 0 amide bonds. The number of hydrogen-bond donors (Lipinski definition) is 2. The highest BCUT2D eigenvalue weighted by Gasteiger charge is 2.19. The van der Waals surface area contributed by atoms with Crippen molar-refractivity contribution >= 4 is 16.5 Å². The van der Waals surface area contributed by atoms with E-state index in [1.807, 2.05) is 24.5 Å². The lowest BCUT2D eigenvalue weighted by Crippen LogP contribution is -2.10. The van der Waals surface area contributed by atoms with Crippen molar-refractivity contribution in [3.8, 4) is 11.3 Å². The number of H-pyrrole nitrogens is 1. The normalized spacial score (nSPS) is 11.6. The molecule has 3 aromatic rings. The van der Waals surface area contributed by atoms with E-state index in [4.69, 9.17) is 0 Å². The van der Waals surface area contributed by atoms with Crippen LogP contribution >= 0.6 is 11.3 Å². The molecule has 22 heavy (non-hydrogen) atoms. The molecule has 0 bridgehead atoms. The molecule has 114 valence electrons. The van der Waals surface area contributed by atoms with Crippen LogP contribution in [0, 0.1) is 0 Å². The lowest BCUT2D eigenvalue weighted by molar-refractivity contribution is 0.578. The molecule has 0 saturated heterocycles. The minimum absolute atomic E-state index is 0.0219. The van der Waals surface area contributed by atoms with Crippen molar-refractivity contribution in [2.75, 3.05) is 5.32 Å². The van der Waals surface area contributed by atoms with Gasteiger partial charge in [-0.25, -0.2) is 0 Å². The minimum Gasteiger partial charge on any atom is -0.356 e. The van der Waals surface area contributed by atoms with Crippen LogP contribution in [0.5, 0.6) is 0 Å². The van der Waals surface area contributed by atoms with Crippen LogP contribution in [0.4, 0.5) is 5.13 Å². The Morgan fingerprint density at radius 3 is 2.77 bits per heavy atom. The highest BCUT2D eigenvalue weighted by atomic mass is 32.1. The van der Waals surface area contributed by atoms with Gasteiger partial charge in [0, 0.05) is 35.5 Å². The van der Waals surface area contributed by atoms with Gasteiger partial charge in [-0.15, -0.1) is 10.2 Å². The molecule has 0 fully saturated rings. The quantitative estimate of drug-likeness (QED) is 0.773. The summed E-state index contributed by atoms with van der Waals surface area (Å²) in [4.78, 5) is 4.14. The van der Waals surface area contributed by atoms with Crippen LogP contribution in [-0.2, 0) is 12.0 Å². The maximum absolute atomic E-state index is 4.24. The smallest absolute Gasteiger partial charge is 0.205 e. The molecule has 7 heteroatoms. The van der Waals surface area contributed by atoms with Gasteiger partial charge in [0.1, 0.15) is 5.01 Å². The molecule has 0 aromatic carbocycles. The van der Waals surface area contributed by atoms with Crippen LogP contribution in [0.2, 0.25) is 0 Å². The number of aromatic amines is 1. The summed E-state index contributed by atoms with van der Waals surface area (Å²) in [5.41, 5.74) is 3.08. The number of nitrogens with zero attached hydrogens (tertiary/aromatic N) is 4. The van der Waals surface area contributed by atoms with Gasteiger partial charge >= 0.3 is 0 Å². The first-order valence-electron chi connectivity index (χ1n) is 7.04. The predicted octanol–water partition coefficient (Wildman–Crippen LogP) is 3.23. The zero-order chi connectivity index (χ0) is 15.6. The van der Waals surface area contributed by atoms with E-state index in [1.165, 1.54) is 0 Å². The van der Waals surface area contributed by atoms with E-state index in [0.717, 1.165) is 27.0 Å². The molecule has 0 unspecified atom stereocenters.